The molecule has 1 aliphatic heterocycles. The minimum absolute atomic E-state index is 0.122. The molecule has 3 aromatic rings. The zero-order chi connectivity index (χ0) is 21.8. The number of para-hydroxylation sites is 1. The third kappa shape index (κ3) is 4.37. The smallest absolute Gasteiger partial charge is 0.303 e. The van der Waals surface area contributed by atoms with E-state index in [1.807, 2.05) is 49.4 Å². The lowest BCUT2D eigenvalue weighted by Crippen LogP contribution is -2.27. The van der Waals surface area contributed by atoms with Crippen LogP contribution in [0.1, 0.15) is 43.4 Å². The normalized spacial score (nSPS) is 15.7. The van der Waals surface area contributed by atoms with E-state index in [9.17, 15) is 9.59 Å². The summed E-state index contributed by atoms with van der Waals surface area (Å²) in [4.78, 5) is 32.5. The standard InChI is InChI=1S/C23H22N4O4/c1-2-31-21-6-4-3-5-16(21)18-14-20(27(26-18)22(28)9-10-23(29)30)15-7-8-17-19(13-15)25-12-11-24-17/h3-8,11-13,20H,2,9-10,14H2,1H3,(H,29,30)/t20-/m0/s1. The summed E-state index contributed by atoms with van der Waals surface area (Å²) in [5, 5.41) is 15.0. The van der Waals surface area contributed by atoms with Crippen molar-refractivity contribution in [3.63, 3.8) is 0 Å². The van der Waals surface area contributed by atoms with Crippen LogP contribution in [0.2, 0.25) is 0 Å². The molecule has 8 nitrogen and oxygen atoms in total. The maximum atomic E-state index is 12.9. The first-order valence-corrected chi connectivity index (χ1v) is 10.1. The molecule has 0 aliphatic carbocycles. The molecule has 0 radical (unpaired) electrons. The lowest BCUT2D eigenvalue weighted by atomic mass is 9.97. The third-order valence-electron chi connectivity index (χ3n) is 5.09. The van der Waals surface area contributed by atoms with Gasteiger partial charge in [-0.15, -0.1) is 0 Å². The molecule has 0 saturated carbocycles. The average Bonchev–Trinajstić information content (AvgIpc) is 3.23. The van der Waals surface area contributed by atoms with Gasteiger partial charge in [0.25, 0.3) is 0 Å². The number of rotatable bonds is 7. The quantitative estimate of drug-likeness (QED) is 0.629. The van der Waals surface area contributed by atoms with Crippen LogP contribution in [-0.4, -0.2) is 44.3 Å². The van der Waals surface area contributed by atoms with E-state index in [2.05, 4.69) is 15.1 Å². The van der Waals surface area contributed by atoms with Gasteiger partial charge in [-0.05, 0) is 36.8 Å². The van der Waals surface area contributed by atoms with Gasteiger partial charge in [-0.2, -0.15) is 5.10 Å². The fourth-order valence-corrected chi connectivity index (χ4v) is 3.67. The topological polar surface area (TPSA) is 105 Å². The van der Waals surface area contributed by atoms with Gasteiger partial charge in [0.05, 0.1) is 35.8 Å². The molecule has 0 fully saturated rings. The molecule has 0 saturated heterocycles. The number of nitrogens with zero attached hydrogens (tertiary/aromatic N) is 4. The predicted octanol–water partition coefficient (Wildman–Crippen LogP) is 3.57. The van der Waals surface area contributed by atoms with Gasteiger partial charge in [-0.3, -0.25) is 19.6 Å². The van der Waals surface area contributed by atoms with Gasteiger partial charge >= 0.3 is 5.97 Å². The summed E-state index contributed by atoms with van der Waals surface area (Å²) in [5.41, 5.74) is 3.89. The summed E-state index contributed by atoms with van der Waals surface area (Å²) < 4.78 is 5.74. The number of hydrazone groups is 1. The second-order valence-electron chi connectivity index (χ2n) is 7.13. The molecule has 1 amide bonds. The van der Waals surface area contributed by atoms with Crippen molar-refractivity contribution in [2.75, 3.05) is 6.61 Å². The fourth-order valence-electron chi connectivity index (χ4n) is 3.67. The van der Waals surface area contributed by atoms with Crippen molar-refractivity contribution in [3.05, 3.63) is 66.0 Å². The molecule has 1 N–H and O–H groups in total. The zero-order valence-corrected chi connectivity index (χ0v) is 17.1. The first-order valence-electron chi connectivity index (χ1n) is 10.1. The number of carbonyl (C=O) groups excluding carboxylic acids is 1. The highest BCUT2D eigenvalue weighted by Gasteiger charge is 2.34. The fraction of sp³-hybridized carbons (Fsp3) is 0.261. The Bertz CT molecular complexity index is 1160. The Labute approximate surface area is 179 Å². The summed E-state index contributed by atoms with van der Waals surface area (Å²) in [7, 11) is 0. The molecule has 4 rings (SSSR count). The Balaban J connectivity index is 1.71. The van der Waals surface area contributed by atoms with Gasteiger partial charge in [0.2, 0.25) is 5.91 Å². The van der Waals surface area contributed by atoms with E-state index in [1.165, 1.54) is 5.01 Å². The number of carbonyl (C=O) groups is 2. The molecule has 2 aromatic carbocycles. The van der Waals surface area contributed by atoms with Crippen molar-refractivity contribution in [1.82, 2.24) is 15.0 Å². The number of hydrogen-bond acceptors (Lipinski definition) is 6. The maximum Gasteiger partial charge on any atom is 0.303 e. The van der Waals surface area contributed by atoms with Gasteiger partial charge in [0.15, 0.2) is 0 Å². The van der Waals surface area contributed by atoms with Gasteiger partial charge < -0.3 is 9.84 Å². The lowest BCUT2D eigenvalue weighted by Gasteiger charge is -2.22. The van der Waals surface area contributed by atoms with E-state index in [1.54, 1.807) is 12.4 Å². The third-order valence-corrected chi connectivity index (χ3v) is 5.09. The highest BCUT2D eigenvalue weighted by Crippen LogP contribution is 2.36. The summed E-state index contributed by atoms with van der Waals surface area (Å²) in [6.45, 7) is 2.42. The molecule has 0 spiro atoms. The lowest BCUT2D eigenvalue weighted by molar-refractivity contribution is -0.141. The molecular weight excluding hydrogens is 396 g/mol. The van der Waals surface area contributed by atoms with Crippen molar-refractivity contribution >= 4 is 28.6 Å². The molecular formula is C23H22N4O4. The van der Waals surface area contributed by atoms with Crippen molar-refractivity contribution in [2.45, 2.75) is 32.2 Å². The van der Waals surface area contributed by atoms with Crippen molar-refractivity contribution < 1.29 is 19.4 Å². The predicted molar refractivity (Wildman–Crippen MR) is 115 cm³/mol. The largest absolute Gasteiger partial charge is 0.493 e. The molecule has 2 heterocycles. The minimum Gasteiger partial charge on any atom is -0.493 e. The zero-order valence-electron chi connectivity index (χ0n) is 17.1. The number of amides is 1. The highest BCUT2D eigenvalue weighted by atomic mass is 16.5. The second kappa shape index (κ2) is 8.91. The molecule has 1 aliphatic rings. The van der Waals surface area contributed by atoms with Crippen LogP contribution in [0.15, 0.2) is 60.0 Å². The van der Waals surface area contributed by atoms with Gasteiger partial charge in [0, 0.05) is 30.8 Å². The SMILES string of the molecule is CCOc1ccccc1C1=NN(C(=O)CCC(=O)O)[C@H](c2ccc3nccnc3c2)C1. The average molecular weight is 418 g/mol. The van der Waals surface area contributed by atoms with Crippen molar-refractivity contribution in [3.8, 4) is 5.75 Å². The van der Waals surface area contributed by atoms with E-state index in [-0.39, 0.29) is 24.8 Å². The summed E-state index contributed by atoms with van der Waals surface area (Å²) >= 11 is 0. The number of hydrogen-bond donors (Lipinski definition) is 1. The van der Waals surface area contributed by atoms with E-state index in [4.69, 9.17) is 9.84 Å². The molecule has 158 valence electrons. The van der Waals surface area contributed by atoms with Crippen LogP contribution in [0.5, 0.6) is 5.75 Å². The van der Waals surface area contributed by atoms with Crippen LogP contribution in [0.3, 0.4) is 0 Å². The number of fused-ring (bicyclic) bond motifs is 1. The summed E-state index contributed by atoms with van der Waals surface area (Å²) in [5.74, 6) is -0.654. The van der Waals surface area contributed by atoms with E-state index in [0.717, 1.165) is 27.9 Å². The van der Waals surface area contributed by atoms with Crippen LogP contribution >= 0.6 is 0 Å². The maximum absolute atomic E-state index is 12.9. The highest BCUT2D eigenvalue weighted by molar-refractivity contribution is 6.05. The molecule has 8 heteroatoms. The number of ether oxygens (including phenoxy) is 1. The van der Waals surface area contributed by atoms with Gasteiger partial charge in [-0.25, -0.2) is 5.01 Å². The molecule has 1 atom stereocenters. The van der Waals surface area contributed by atoms with E-state index < -0.39 is 5.97 Å². The van der Waals surface area contributed by atoms with Gasteiger partial charge in [-0.1, -0.05) is 18.2 Å². The van der Waals surface area contributed by atoms with Crippen LogP contribution in [0, 0.1) is 0 Å². The summed E-state index contributed by atoms with van der Waals surface area (Å²) in [6, 6.07) is 12.9. The van der Waals surface area contributed by atoms with Crippen LogP contribution < -0.4 is 4.74 Å². The van der Waals surface area contributed by atoms with E-state index >= 15 is 0 Å². The van der Waals surface area contributed by atoms with Crippen LogP contribution in [0.25, 0.3) is 11.0 Å². The number of aliphatic carboxylic acids is 1. The Morgan fingerprint density at radius 2 is 1.87 bits per heavy atom. The Morgan fingerprint density at radius 3 is 2.65 bits per heavy atom. The van der Waals surface area contributed by atoms with Crippen molar-refractivity contribution in [2.24, 2.45) is 5.10 Å². The van der Waals surface area contributed by atoms with Crippen LogP contribution in [-0.2, 0) is 9.59 Å². The van der Waals surface area contributed by atoms with Crippen molar-refractivity contribution in [1.29, 1.82) is 0 Å². The Hall–Kier alpha value is -3.81. The van der Waals surface area contributed by atoms with Gasteiger partial charge in [0.1, 0.15) is 5.75 Å². The molecule has 0 unspecified atom stereocenters. The number of benzene rings is 2. The monoisotopic (exact) mass is 418 g/mol. The Morgan fingerprint density at radius 1 is 1.10 bits per heavy atom. The van der Waals surface area contributed by atoms with Crippen LogP contribution in [0.4, 0.5) is 0 Å². The van der Waals surface area contributed by atoms with E-state index in [0.29, 0.717) is 18.8 Å². The first kappa shape index (κ1) is 20.5. The second-order valence-corrected chi connectivity index (χ2v) is 7.13. The molecule has 1 aromatic heterocycles. The minimum atomic E-state index is -1.02. The molecule has 0 bridgehead atoms. The first-order chi connectivity index (χ1) is 15.1. The summed E-state index contributed by atoms with van der Waals surface area (Å²) in [6.07, 6.45) is 3.37. The Kier molecular flexibility index (Phi) is 5.88. The number of aromatic nitrogens is 2. The number of carboxylic acids is 1. The molecule has 31 heavy (non-hydrogen) atoms. The number of carboxylic acid groups (broad SMARTS) is 1.